The van der Waals surface area contributed by atoms with Crippen molar-refractivity contribution >= 4 is 28.4 Å². The van der Waals surface area contributed by atoms with Gasteiger partial charge in [0.25, 0.3) is 0 Å². The Labute approximate surface area is 138 Å². The van der Waals surface area contributed by atoms with Crippen molar-refractivity contribution in [1.82, 2.24) is 15.3 Å². The zero-order chi connectivity index (χ0) is 15.8. The Balaban J connectivity index is 1.59. The Morgan fingerprint density at radius 2 is 2.22 bits per heavy atom. The molecule has 2 aromatic heterocycles. The molecule has 0 bridgehead atoms. The van der Waals surface area contributed by atoms with E-state index in [0.717, 1.165) is 33.3 Å². The number of carbonyl (C=O) groups is 1. The minimum absolute atomic E-state index is 0.129. The van der Waals surface area contributed by atoms with E-state index in [0.29, 0.717) is 0 Å². The second kappa shape index (κ2) is 5.83. The molecule has 0 spiro atoms. The van der Waals surface area contributed by atoms with Gasteiger partial charge in [-0.15, -0.1) is 11.8 Å². The SMILES string of the molecule is Cc1cccc2c(C(=O)[C@@H]3CS[C@H](c4cccnc4)N3)c[nH]c12. The third-order valence-corrected chi connectivity index (χ3v) is 5.54. The first-order chi connectivity index (χ1) is 11.2. The van der Waals surface area contributed by atoms with Crippen molar-refractivity contribution in [3.63, 3.8) is 0 Å². The molecule has 23 heavy (non-hydrogen) atoms. The molecule has 4 nitrogen and oxygen atoms in total. The van der Waals surface area contributed by atoms with Crippen LogP contribution in [0.15, 0.2) is 48.9 Å². The monoisotopic (exact) mass is 323 g/mol. The molecule has 3 heterocycles. The van der Waals surface area contributed by atoms with Gasteiger partial charge < -0.3 is 4.98 Å². The molecule has 0 radical (unpaired) electrons. The van der Waals surface area contributed by atoms with E-state index in [-0.39, 0.29) is 17.2 Å². The van der Waals surface area contributed by atoms with Crippen molar-refractivity contribution in [2.24, 2.45) is 0 Å². The first kappa shape index (κ1) is 14.5. The summed E-state index contributed by atoms with van der Waals surface area (Å²) in [6.45, 7) is 2.05. The third kappa shape index (κ3) is 2.56. The number of nitrogens with one attached hydrogen (secondary N) is 2. The van der Waals surface area contributed by atoms with Crippen molar-refractivity contribution < 1.29 is 4.79 Å². The summed E-state index contributed by atoms with van der Waals surface area (Å²) in [6.07, 6.45) is 5.45. The lowest BCUT2D eigenvalue weighted by Crippen LogP contribution is -2.34. The minimum atomic E-state index is -0.162. The number of rotatable bonds is 3. The van der Waals surface area contributed by atoms with Crippen LogP contribution in [0.4, 0.5) is 0 Å². The molecule has 3 aromatic rings. The van der Waals surface area contributed by atoms with Crippen LogP contribution in [-0.2, 0) is 0 Å². The predicted octanol–water partition coefficient (Wildman–Crippen LogP) is 3.46. The lowest BCUT2D eigenvalue weighted by atomic mass is 10.0. The molecular formula is C18H17N3OS. The third-order valence-electron chi connectivity index (χ3n) is 4.28. The van der Waals surface area contributed by atoms with Crippen LogP contribution in [0.1, 0.15) is 26.9 Å². The van der Waals surface area contributed by atoms with E-state index < -0.39 is 0 Å². The molecule has 1 fully saturated rings. The maximum absolute atomic E-state index is 12.9. The first-order valence-corrected chi connectivity index (χ1v) is 8.67. The van der Waals surface area contributed by atoms with Crippen molar-refractivity contribution in [2.45, 2.75) is 18.3 Å². The van der Waals surface area contributed by atoms with Gasteiger partial charge in [-0.05, 0) is 24.1 Å². The zero-order valence-corrected chi connectivity index (χ0v) is 13.6. The van der Waals surface area contributed by atoms with Gasteiger partial charge in [0.05, 0.1) is 11.4 Å². The molecule has 1 aliphatic heterocycles. The summed E-state index contributed by atoms with van der Waals surface area (Å²) in [4.78, 5) is 20.3. The average Bonchev–Trinajstić information content (AvgIpc) is 3.23. The van der Waals surface area contributed by atoms with E-state index in [1.807, 2.05) is 36.7 Å². The molecule has 0 aliphatic carbocycles. The summed E-state index contributed by atoms with van der Waals surface area (Å²) in [7, 11) is 0. The number of benzene rings is 1. The van der Waals surface area contributed by atoms with Gasteiger partial charge in [-0.3, -0.25) is 15.1 Å². The van der Waals surface area contributed by atoms with Gasteiger partial charge in [0.1, 0.15) is 0 Å². The van der Waals surface area contributed by atoms with Crippen LogP contribution < -0.4 is 5.32 Å². The van der Waals surface area contributed by atoms with Crippen LogP contribution in [0.5, 0.6) is 0 Å². The normalized spacial score (nSPS) is 20.9. The fourth-order valence-electron chi connectivity index (χ4n) is 3.04. The van der Waals surface area contributed by atoms with Crippen molar-refractivity contribution in [3.8, 4) is 0 Å². The Kier molecular flexibility index (Phi) is 3.67. The molecule has 1 saturated heterocycles. The van der Waals surface area contributed by atoms with Crippen LogP contribution in [-0.4, -0.2) is 27.5 Å². The number of H-pyrrole nitrogens is 1. The van der Waals surface area contributed by atoms with Crippen LogP contribution in [0.3, 0.4) is 0 Å². The van der Waals surface area contributed by atoms with Crippen LogP contribution in [0, 0.1) is 6.92 Å². The summed E-state index contributed by atoms with van der Waals surface area (Å²) in [6, 6.07) is 9.86. The summed E-state index contributed by atoms with van der Waals surface area (Å²) in [5.74, 6) is 0.928. The highest BCUT2D eigenvalue weighted by molar-refractivity contribution is 7.99. The number of fused-ring (bicyclic) bond motifs is 1. The van der Waals surface area contributed by atoms with Gasteiger partial charge >= 0.3 is 0 Å². The molecule has 0 amide bonds. The van der Waals surface area contributed by atoms with Gasteiger partial charge in [-0.1, -0.05) is 24.3 Å². The predicted molar refractivity (Wildman–Crippen MR) is 93.7 cm³/mol. The van der Waals surface area contributed by atoms with E-state index in [9.17, 15) is 4.79 Å². The lowest BCUT2D eigenvalue weighted by Gasteiger charge is -2.12. The number of aryl methyl sites for hydroxylation is 1. The lowest BCUT2D eigenvalue weighted by molar-refractivity contribution is 0.0957. The molecule has 1 aromatic carbocycles. The highest BCUT2D eigenvalue weighted by Gasteiger charge is 2.32. The fourth-order valence-corrected chi connectivity index (χ4v) is 4.27. The van der Waals surface area contributed by atoms with Crippen molar-refractivity contribution in [3.05, 3.63) is 65.6 Å². The molecule has 2 atom stereocenters. The quantitative estimate of drug-likeness (QED) is 0.725. The van der Waals surface area contributed by atoms with Gasteiger partial charge in [-0.2, -0.15) is 0 Å². The summed E-state index contributed by atoms with van der Waals surface area (Å²) in [5, 5.41) is 4.57. The highest BCUT2D eigenvalue weighted by Crippen LogP contribution is 2.34. The van der Waals surface area contributed by atoms with Crippen LogP contribution in [0.2, 0.25) is 0 Å². The number of para-hydroxylation sites is 1. The van der Waals surface area contributed by atoms with Gasteiger partial charge in [0, 0.05) is 40.8 Å². The molecule has 0 saturated carbocycles. The van der Waals surface area contributed by atoms with Crippen LogP contribution >= 0.6 is 11.8 Å². The summed E-state index contributed by atoms with van der Waals surface area (Å²) in [5.41, 5.74) is 4.09. The first-order valence-electron chi connectivity index (χ1n) is 7.62. The smallest absolute Gasteiger partial charge is 0.182 e. The number of nitrogens with zero attached hydrogens (tertiary/aromatic N) is 1. The topological polar surface area (TPSA) is 57.8 Å². The number of aromatic amines is 1. The van der Waals surface area contributed by atoms with E-state index in [1.165, 1.54) is 0 Å². The van der Waals surface area contributed by atoms with Crippen molar-refractivity contribution in [2.75, 3.05) is 5.75 Å². The molecule has 116 valence electrons. The Morgan fingerprint density at radius 1 is 1.30 bits per heavy atom. The number of pyridine rings is 1. The summed E-state index contributed by atoms with van der Waals surface area (Å²) < 4.78 is 0. The Morgan fingerprint density at radius 3 is 3.04 bits per heavy atom. The molecule has 2 N–H and O–H groups in total. The fraction of sp³-hybridized carbons (Fsp3) is 0.222. The van der Waals surface area contributed by atoms with Gasteiger partial charge in [-0.25, -0.2) is 0 Å². The Hall–Kier alpha value is -2.11. The van der Waals surface area contributed by atoms with Crippen molar-refractivity contribution in [1.29, 1.82) is 0 Å². The number of Topliss-reactive ketones (excluding diaryl/α,β-unsaturated/α-hetero) is 1. The van der Waals surface area contributed by atoms with Gasteiger partial charge in [0.15, 0.2) is 5.78 Å². The molecular weight excluding hydrogens is 306 g/mol. The van der Waals surface area contributed by atoms with E-state index >= 15 is 0 Å². The Bertz CT molecular complexity index is 859. The van der Waals surface area contributed by atoms with Crippen LogP contribution in [0.25, 0.3) is 10.9 Å². The number of thioether (sulfide) groups is 1. The number of ketones is 1. The molecule has 0 unspecified atom stereocenters. The second-order valence-electron chi connectivity index (χ2n) is 5.78. The van der Waals surface area contributed by atoms with E-state index in [4.69, 9.17) is 0 Å². The number of hydrogen-bond acceptors (Lipinski definition) is 4. The average molecular weight is 323 g/mol. The number of hydrogen-bond donors (Lipinski definition) is 2. The standard InChI is InChI=1S/C18H17N3OS/c1-11-4-2-6-13-14(9-20-16(11)13)17(22)15-10-23-18(21-15)12-5-3-7-19-8-12/h2-9,15,18,20-21H,10H2,1H3/t15-,18+/m0/s1. The molecule has 1 aliphatic rings. The highest BCUT2D eigenvalue weighted by atomic mass is 32.2. The van der Waals surface area contributed by atoms with E-state index in [1.54, 1.807) is 18.0 Å². The second-order valence-corrected chi connectivity index (χ2v) is 6.92. The maximum Gasteiger partial charge on any atom is 0.182 e. The van der Waals surface area contributed by atoms with E-state index in [2.05, 4.69) is 28.3 Å². The maximum atomic E-state index is 12.9. The number of aromatic nitrogens is 2. The minimum Gasteiger partial charge on any atom is -0.360 e. The summed E-state index contributed by atoms with van der Waals surface area (Å²) >= 11 is 1.76. The largest absolute Gasteiger partial charge is 0.360 e. The van der Waals surface area contributed by atoms with Gasteiger partial charge in [0.2, 0.25) is 0 Å². The number of carbonyl (C=O) groups excluding carboxylic acids is 1. The molecule has 4 rings (SSSR count). The molecule has 5 heteroatoms. The zero-order valence-electron chi connectivity index (χ0n) is 12.7.